The number of fused-ring (bicyclic) bond motifs is 1. The summed E-state index contributed by atoms with van der Waals surface area (Å²) < 4.78 is 37.3. The molecule has 0 atom stereocenters. The van der Waals surface area contributed by atoms with E-state index in [1.54, 1.807) is 12.4 Å². The maximum absolute atomic E-state index is 12.9. The number of hydroxylamine groups is 1. The van der Waals surface area contributed by atoms with Gasteiger partial charge in [0.05, 0.1) is 17.6 Å². The van der Waals surface area contributed by atoms with E-state index in [0.717, 1.165) is 23.1 Å². The summed E-state index contributed by atoms with van der Waals surface area (Å²) in [6, 6.07) is 13.7. The molecular weight excluding hydrogens is 560 g/mol. The molecule has 3 heterocycles. The second-order valence-electron chi connectivity index (χ2n) is 10.3. The van der Waals surface area contributed by atoms with Gasteiger partial charge in [-0.25, -0.2) is 18.9 Å². The fourth-order valence-corrected chi connectivity index (χ4v) is 6.40. The summed E-state index contributed by atoms with van der Waals surface area (Å²) in [7, 11) is -0.773. The van der Waals surface area contributed by atoms with Gasteiger partial charge in [0.25, 0.3) is 0 Å². The SMILES string of the molecule is COC(CONC(=O)C1CCC(c2nc3c(-c4ccc(-c5ccccc5)nc4)cnn3c(N)c2S(C)(=O)=O)CC1)OC. The highest BCUT2D eigenvalue weighted by molar-refractivity contribution is 7.91. The molecular formula is C29H34N6O6S. The number of rotatable bonds is 10. The molecule has 12 nitrogen and oxygen atoms in total. The summed E-state index contributed by atoms with van der Waals surface area (Å²) in [5.41, 5.74) is 13.0. The highest BCUT2D eigenvalue weighted by atomic mass is 32.2. The first-order valence-electron chi connectivity index (χ1n) is 13.6. The Balaban J connectivity index is 1.40. The van der Waals surface area contributed by atoms with Crippen molar-refractivity contribution >= 4 is 27.2 Å². The maximum atomic E-state index is 12.9. The van der Waals surface area contributed by atoms with Gasteiger partial charge >= 0.3 is 0 Å². The lowest BCUT2D eigenvalue weighted by atomic mass is 9.80. The molecule has 0 radical (unpaired) electrons. The first kappa shape index (κ1) is 29.6. The first-order valence-corrected chi connectivity index (χ1v) is 15.5. The van der Waals surface area contributed by atoms with Crippen molar-refractivity contribution in [2.24, 2.45) is 5.92 Å². The number of nitrogen functional groups attached to an aromatic ring is 1. The fourth-order valence-electron chi connectivity index (χ4n) is 5.34. The lowest BCUT2D eigenvalue weighted by Gasteiger charge is -2.28. The van der Waals surface area contributed by atoms with E-state index in [2.05, 4.69) is 15.6 Å². The molecule has 0 unspecified atom stereocenters. The number of pyridine rings is 1. The molecule has 0 saturated heterocycles. The maximum Gasteiger partial charge on any atom is 0.246 e. The topological polar surface area (TPSA) is 160 Å². The van der Waals surface area contributed by atoms with Crippen molar-refractivity contribution in [2.75, 3.05) is 32.8 Å². The number of nitrogens with zero attached hydrogens (tertiary/aromatic N) is 4. The van der Waals surface area contributed by atoms with Crippen LogP contribution in [0, 0.1) is 5.92 Å². The molecule has 3 aromatic heterocycles. The number of sulfone groups is 1. The van der Waals surface area contributed by atoms with E-state index in [9.17, 15) is 13.2 Å². The molecule has 1 amide bonds. The molecule has 1 aliphatic rings. The number of nitrogens with one attached hydrogen (secondary N) is 1. The molecule has 0 spiro atoms. The summed E-state index contributed by atoms with van der Waals surface area (Å²) in [6.45, 7) is 0.0488. The third-order valence-corrected chi connectivity index (χ3v) is 8.74. The van der Waals surface area contributed by atoms with Gasteiger partial charge in [-0.05, 0) is 31.7 Å². The van der Waals surface area contributed by atoms with Gasteiger partial charge in [-0.1, -0.05) is 36.4 Å². The van der Waals surface area contributed by atoms with E-state index >= 15 is 0 Å². The standard InChI is InChI=1S/C29H34N6O6S/c1-39-24(40-2)17-41-34-29(36)20-11-9-19(10-12-20)25-26(42(3,37)38)27(30)35-28(33-25)22(16-32-35)21-13-14-23(31-15-21)18-7-5-4-6-8-18/h4-8,13-16,19-20,24H,9-12,17,30H2,1-3H3,(H,34,36). The van der Waals surface area contributed by atoms with Crippen molar-refractivity contribution in [1.82, 2.24) is 25.1 Å². The van der Waals surface area contributed by atoms with E-state index in [1.165, 1.54) is 18.7 Å². The number of carbonyl (C=O) groups excluding carboxylic acids is 1. The molecule has 4 aromatic rings. The Labute approximate surface area is 244 Å². The number of ether oxygens (including phenoxy) is 2. The van der Waals surface area contributed by atoms with Crippen molar-refractivity contribution < 1.29 is 27.5 Å². The van der Waals surface area contributed by atoms with Crippen LogP contribution in [-0.4, -0.2) is 67.3 Å². The van der Waals surface area contributed by atoms with E-state index < -0.39 is 16.1 Å². The number of methoxy groups -OCH3 is 2. The molecule has 0 aliphatic heterocycles. The second-order valence-corrected chi connectivity index (χ2v) is 12.3. The first-order chi connectivity index (χ1) is 20.2. The van der Waals surface area contributed by atoms with Gasteiger partial charge in [0.15, 0.2) is 21.8 Å². The molecule has 0 bridgehead atoms. The number of benzene rings is 1. The zero-order valence-corrected chi connectivity index (χ0v) is 24.5. The van der Waals surface area contributed by atoms with Gasteiger partial charge in [-0.3, -0.25) is 14.6 Å². The molecule has 42 heavy (non-hydrogen) atoms. The monoisotopic (exact) mass is 594 g/mol. The Bertz CT molecular complexity index is 1650. The lowest BCUT2D eigenvalue weighted by Crippen LogP contribution is -2.35. The molecule has 1 aromatic carbocycles. The number of hydrogen-bond donors (Lipinski definition) is 2. The van der Waals surface area contributed by atoms with E-state index in [-0.39, 0.29) is 35.1 Å². The minimum absolute atomic E-state index is 0.0109. The Kier molecular flexibility index (Phi) is 8.82. The lowest BCUT2D eigenvalue weighted by molar-refractivity contribution is -0.167. The third kappa shape index (κ3) is 6.14. The van der Waals surface area contributed by atoms with Crippen molar-refractivity contribution in [3.63, 3.8) is 0 Å². The van der Waals surface area contributed by atoms with Crippen LogP contribution in [0.3, 0.4) is 0 Å². The van der Waals surface area contributed by atoms with Gasteiger partial charge in [0, 0.05) is 55.2 Å². The van der Waals surface area contributed by atoms with E-state index in [4.69, 9.17) is 25.0 Å². The largest absolute Gasteiger partial charge is 0.382 e. The van der Waals surface area contributed by atoms with Crippen LogP contribution in [-0.2, 0) is 28.9 Å². The van der Waals surface area contributed by atoms with Crippen LogP contribution < -0.4 is 11.2 Å². The van der Waals surface area contributed by atoms with Gasteiger partial charge in [-0.2, -0.15) is 9.61 Å². The predicted octanol–water partition coefficient (Wildman–Crippen LogP) is 3.38. The highest BCUT2D eigenvalue weighted by Crippen LogP contribution is 2.40. The molecule has 1 aliphatic carbocycles. The van der Waals surface area contributed by atoms with E-state index in [0.29, 0.717) is 42.6 Å². The van der Waals surface area contributed by atoms with Crippen molar-refractivity contribution in [2.45, 2.75) is 42.8 Å². The minimum Gasteiger partial charge on any atom is -0.382 e. The van der Waals surface area contributed by atoms with Crippen molar-refractivity contribution in [3.8, 4) is 22.4 Å². The van der Waals surface area contributed by atoms with Gasteiger partial charge in [-0.15, -0.1) is 0 Å². The molecule has 3 N–H and O–H groups in total. The average molecular weight is 595 g/mol. The second kappa shape index (κ2) is 12.5. The van der Waals surface area contributed by atoms with Crippen LogP contribution in [0.15, 0.2) is 59.8 Å². The summed E-state index contributed by atoms with van der Waals surface area (Å²) in [6.07, 6.45) is 6.07. The zero-order chi connectivity index (χ0) is 29.9. The molecule has 1 saturated carbocycles. The fraction of sp³-hybridized carbons (Fsp3) is 0.379. The van der Waals surface area contributed by atoms with E-state index in [1.807, 2.05) is 42.5 Å². The number of nitrogens with two attached hydrogens (primary N) is 1. The molecule has 5 rings (SSSR count). The Morgan fingerprint density at radius 1 is 1.05 bits per heavy atom. The minimum atomic E-state index is -3.74. The van der Waals surface area contributed by atoms with Crippen molar-refractivity contribution in [3.05, 3.63) is 60.6 Å². The number of aromatic nitrogens is 4. The number of amides is 1. The summed E-state index contributed by atoms with van der Waals surface area (Å²) >= 11 is 0. The van der Waals surface area contributed by atoms with Gasteiger partial charge < -0.3 is 15.2 Å². The van der Waals surface area contributed by atoms with Gasteiger partial charge in [0.2, 0.25) is 5.91 Å². The molecule has 1 fully saturated rings. The zero-order valence-electron chi connectivity index (χ0n) is 23.7. The van der Waals surface area contributed by atoms with Crippen LogP contribution in [0.25, 0.3) is 28.0 Å². The summed E-state index contributed by atoms with van der Waals surface area (Å²) in [5.74, 6) is -0.723. The quantitative estimate of drug-likeness (QED) is 0.206. The van der Waals surface area contributed by atoms with Crippen LogP contribution in [0.5, 0.6) is 0 Å². The van der Waals surface area contributed by atoms with Crippen LogP contribution in [0.2, 0.25) is 0 Å². The summed E-state index contributed by atoms with van der Waals surface area (Å²) in [4.78, 5) is 27.4. The number of anilines is 1. The Morgan fingerprint density at radius 2 is 1.76 bits per heavy atom. The number of carbonyl (C=O) groups is 1. The molecule has 222 valence electrons. The van der Waals surface area contributed by atoms with Crippen LogP contribution >= 0.6 is 0 Å². The normalized spacial score (nSPS) is 17.5. The van der Waals surface area contributed by atoms with Crippen molar-refractivity contribution in [1.29, 1.82) is 0 Å². The highest BCUT2D eigenvalue weighted by Gasteiger charge is 2.33. The summed E-state index contributed by atoms with van der Waals surface area (Å²) in [5, 5.41) is 4.38. The van der Waals surface area contributed by atoms with Crippen LogP contribution in [0.1, 0.15) is 37.3 Å². The third-order valence-electron chi connectivity index (χ3n) is 7.58. The Morgan fingerprint density at radius 3 is 2.38 bits per heavy atom. The van der Waals surface area contributed by atoms with Crippen LogP contribution in [0.4, 0.5) is 5.82 Å². The average Bonchev–Trinajstić information content (AvgIpc) is 3.43. The molecule has 13 heteroatoms. The predicted molar refractivity (Wildman–Crippen MR) is 156 cm³/mol. The Hall–Kier alpha value is -3.91. The smallest absolute Gasteiger partial charge is 0.246 e. The number of hydrogen-bond acceptors (Lipinski definition) is 10. The van der Waals surface area contributed by atoms with Gasteiger partial charge in [0.1, 0.15) is 17.3 Å².